The number of aliphatic hydroxyl groups is 1. The number of hydrogen-bond acceptors (Lipinski definition) is 3. The fourth-order valence-corrected chi connectivity index (χ4v) is 2.81. The minimum atomic E-state index is -0.825. The van der Waals surface area contributed by atoms with Crippen LogP contribution in [0.25, 0.3) is 0 Å². The summed E-state index contributed by atoms with van der Waals surface area (Å²) < 4.78 is 5.94. The molecule has 1 aliphatic rings. The van der Waals surface area contributed by atoms with Crippen LogP contribution in [0.15, 0.2) is 48.5 Å². The molecule has 0 bridgehead atoms. The Hall–Kier alpha value is -1.55. The molecule has 1 heterocycles. The molecule has 0 saturated carbocycles. The Morgan fingerprint density at radius 1 is 1.00 bits per heavy atom. The van der Waals surface area contributed by atoms with Gasteiger partial charge >= 0.3 is 0 Å². The topological polar surface area (TPSA) is 41.5 Å². The predicted octanol–water partition coefficient (Wildman–Crippen LogP) is 3.70. The summed E-state index contributed by atoms with van der Waals surface area (Å²) in [6.45, 7) is 1.62. The van der Waals surface area contributed by atoms with Gasteiger partial charge in [-0.3, -0.25) is 0 Å². The number of halogens is 1. The van der Waals surface area contributed by atoms with Crippen LogP contribution in [0.5, 0.6) is 11.5 Å². The van der Waals surface area contributed by atoms with E-state index in [-0.39, 0.29) is 0 Å². The number of benzene rings is 2. The minimum absolute atomic E-state index is 0.674. The average Bonchev–Trinajstić information content (AvgIpc) is 2.51. The van der Waals surface area contributed by atoms with E-state index < -0.39 is 5.60 Å². The van der Waals surface area contributed by atoms with Crippen molar-refractivity contribution in [3.05, 3.63) is 59.1 Å². The molecule has 0 aromatic heterocycles. The van der Waals surface area contributed by atoms with Gasteiger partial charge in [-0.1, -0.05) is 29.8 Å². The number of piperidine rings is 1. The van der Waals surface area contributed by atoms with Crippen molar-refractivity contribution in [3.63, 3.8) is 0 Å². The van der Waals surface area contributed by atoms with E-state index in [0.717, 1.165) is 18.7 Å². The SMILES string of the molecule is OC1(c2ccccc2Oc2ccc(Cl)cc2)CCNCC1. The second-order valence-corrected chi connectivity index (χ2v) is 5.77. The molecule has 2 N–H and O–H groups in total. The summed E-state index contributed by atoms with van der Waals surface area (Å²) in [5.41, 5.74) is 0.0234. The quantitative estimate of drug-likeness (QED) is 0.908. The van der Waals surface area contributed by atoms with Gasteiger partial charge in [0.15, 0.2) is 0 Å². The first kappa shape index (κ1) is 14.4. The summed E-state index contributed by atoms with van der Waals surface area (Å²) in [6.07, 6.45) is 1.38. The largest absolute Gasteiger partial charge is 0.457 e. The highest BCUT2D eigenvalue weighted by Crippen LogP contribution is 2.38. The van der Waals surface area contributed by atoms with E-state index in [1.165, 1.54) is 0 Å². The highest BCUT2D eigenvalue weighted by molar-refractivity contribution is 6.30. The van der Waals surface area contributed by atoms with Crippen LogP contribution in [-0.4, -0.2) is 18.2 Å². The van der Waals surface area contributed by atoms with Crippen LogP contribution in [0.3, 0.4) is 0 Å². The highest BCUT2D eigenvalue weighted by atomic mass is 35.5. The molecular weight excluding hydrogens is 286 g/mol. The molecule has 0 amide bonds. The molecule has 0 spiro atoms. The lowest BCUT2D eigenvalue weighted by Gasteiger charge is -2.34. The van der Waals surface area contributed by atoms with Crippen LogP contribution in [0.1, 0.15) is 18.4 Å². The summed E-state index contributed by atoms with van der Waals surface area (Å²) in [4.78, 5) is 0. The molecule has 110 valence electrons. The van der Waals surface area contributed by atoms with Crippen molar-refractivity contribution in [2.75, 3.05) is 13.1 Å². The molecule has 21 heavy (non-hydrogen) atoms. The van der Waals surface area contributed by atoms with Gasteiger partial charge in [0.1, 0.15) is 11.5 Å². The van der Waals surface area contributed by atoms with Gasteiger partial charge in [0.2, 0.25) is 0 Å². The summed E-state index contributed by atoms with van der Waals surface area (Å²) in [7, 11) is 0. The number of rotatable bonds is 3. The molecule has 3 nitrogen and oxygen atoms in total. The molecule has 1 fully saturated rings. The Kier molecular flexibility index (Phi) is 4.15. The van der Waals surface area contributed by atoms with Crippen molar-refractivity contribution in [2.24, 2.45) is 0 Å². The molecule has 3 rings (SSSR count). The minimum Gasteiger partial charge on any atom is -0.457 e. The second kappa shape index (κ2) is 6.06. The van der Waals surface area contributed by atoms with E-state index in [0.29, 0.717) is 29.4 Å². The fraction of sp³-hybridized carbons (Fsp3) is 0.294. The molecule has 0 atom stereocenters. The second-order valence-electron chi connectivity index (χ2n) is 5.33. The van der Waals surface area contributed by atoms with Gasteiger partial charge < -0.3 is 15.2 Å². The van der Waals surface area contributed by atoms with E-state index >= 15 is 0 Å². The van der Waals surface area contributed by atoms with Crippen LogP contribution >= 0.6 is 11.6 Å². The standard InChI is InChI=1S/C17H18ClNO2/c18-13-5-7-14(8-6-13)21-16-4-2-1-3-15(16)17(20)9-11-19-12-10-17/h1-8,19-20H,9-12H2. The van der Waals surface area contributed by atoms with Gasteiger partial charge in [-0.15, -0.1) is 0 Å². The van der Waals surface area contributed by atoms with E-state index in [9.17, 15) is 5.11 Å². The van der Waals surface area contributed by atoms with Crippen molar-refractivity contribution in [3.8, 4) is 11.5 Å². The first-order chi connectivity index (χ1) is 10.2. The lowest BCUT2D eigenvalue weighted by molar-refractivity contribution is 0.00430. The summed E-state index contributed by atoms with van der Waals surface area (Å²) >= 11 is 5.89. The normalized spacial score (nSPS) is 17.4. The first-order valence-corrected chi connectivity index (χ1v) is 7.51. The third kappa shape index (κ3) is 3.21. The van der Waals surface area contributed by atoms with Crippen LogP contribution < -0.4 is 10.1 Å². The Labute approximate surface area is 129 Å². The van der Waals surface area contributed by atoms with Crippen molar-refractivity contribution in [1.29, 1.82) is 0 Å². The Morgan fingerprint density at radius 2 is 1.67 bits per heavy atom. The average molecular weight is 304 g/mol. The summed E-state index contributed by atoms with van der Waals surface area (Å²) in [6, 6.07) is 14.9. The zero-order valence-electron chi connectivity index (χ0n) is 11.7. The summed E-state index contributed by atoms with van der Waals surface area (Å²) in [5, 5.41) is 14.8. The van der Waals surface area contributed by atoms with Crippen molar-refractivity contribution in [1.82, 2.24) is 5.32 Å². The van der Waals surface area contributed by atoms with Crippen LogP contribution in [-0.2, 0) is 5.60 Å². The van der Waals surface area contributed by atoms with Crippen molar-refractivity contribution in [2.45, 2.75) is 18.4 Å². The van der Waals surface area contributed by atoms with E-state index in [1.54, 1.807) is 12.1 Å². The molecular formula is C17H18ClNO2. The van der Waals surface area contributed by atoms with Gasteiger partial charge in [0.05, 0.1) is 5.60 Å². The Balaban J connectivity index is 1.90. The molecule has 1 saturated heterocycles. The Bertz CT molecular complexity index is 606. The third-order valence-electron chi connectivity index (χ3n) is 3.86. The monoisotopic (exact) mass is 303 g/mol. The predicted molar refractivity (Wildman–Crippen MR) is 84.0 cm³/mol. The van der Waals surface area contributed by atoms with E-state index in [2.05, 4.69) is 5.32 Å². The molecule has 2 aromatic carbocycles. The lowest BCUT2D eigenvalue weighted by atomic mass is 9.84. The molecule has 0 radical (unpaired) electrons. The maximum Gasteiger partial charge on any atom is 0.133 e. The molecule has 0 aliphatic carbocycles. The van der Waals surface area contributed by atoms with Gasteiger partial charge in [0.25, 0.3) is 0 Å². The lowest BCUT2D eigenvalue weighted by Crippen LogP contribution is -2.39. The number of ether oxygens (including phenoxy) is 1. The maximum atomic E-state index is 10.9. The van der Waals surface area contributed by atoms with Gasteiger partial charge in [-0.25, -0.2) is 0 Å². The number of para-hydroxylation sites is 1. The summed E-state index contributed by atoms with van der Waals surface area (Å²) in [5.74, 6) is 1.41. The first-order valence-electron chi connectivity index (χ1n) is 7.13. The van der Waals surface area contributed by atoms with Crippen molar-refractivity contribution >= 4 is 11.6 Å². The molecule has 2 aromatic rings. The van der Waals surface area contributed by atoms with E-state index in [4.69, 9.17) is 16.3 Å². The molecule has 0 unspecified atom stereocenters. The van der Waals surface area contributed by atoms with Crippen LogP contribution in [0, 0.1) is 0 Å². The fourth-order valence-electron chi connectivity index (χ4n) is 2.68. The van der Waals surface area contributed by atoms with Gasteiger partial charge in [-0.2, -0.15) is 0 Å². The smallest absolute Gasteiger partial charge is 0.133 e. The maximum absolute atomic E-state index is 10.9. The van der Waals surface area contributed by atoms with Gasteiger partial charge in [-0.05, 0) is 56.3 Å². The van der Waals surface area contributed by atoms with Crippen molar-refractivity contribution < 1.29 is 9.84 Å². The Morgan fingerprint density at radius 3 is 2.38 bits per heavy atom. The highest BCUT2D eigenvalue weighted by Gasteiger charge is 2.33. The number of nitrogens with one attached hydrogen (secondary N) is 1. The van der Waals surface area contributed by atoms with Crippen LogP contribution in [0.2, 0.25) is 5.02 Å². The van der Waals surface area contributed by atoms with Gasteiger partial charge in [0, 0.05) is 10.6 Å². The zero-order chi connectivity index (χ0) is 14.7. The molecule has 1 aliphatic heterocycles. The van der Waals surface area contributed by atoms with Crippen LogP contribution in [0.4, 0.5) is 0 Å². The third-order valence-corrected chi connectivity index (χ3v) is 4.11. The number of hydrogen-bond donors (Lipinski definition) is 2. The molecule has 4 heteroatoms. The van der Waals surface area contributed by atoms with E-state index in [1.807, 2.05) is 36.4 Å². The zero-order valence-corrected chi connectivity index (χ0v) is 12.4.